The molecule has 0 unspecified atom stereocenters. The van der Waals surface area contributed by atoms with Crippen molar-refractivity contribution in [3.63, 3.8) is 0 Å². The maximum Gasteiger partial charge on any atom is 0.289 e. The summed E-state index contributed by atoms with van der Waals surface area (Å²) in [5.74, 6) is -0.0809. The molecule has 0 bridgehead atoms. The number of hydrogen-bond donors (Lipinski definition) is 1. The lowest BCUT2D eigenvalue weighted by molar-refractivity contribution is -0.138. The first-order chi connectivity index (χ1) is 14.9. The highest BCUT2D eigenvalue weighted by Crippen LogP contribution is 2.23. The van der Waals surface area contributed by atoms with Crippen molar-refractivity contribution in [2.45, 2.75) is 36.6 Å². The summed E-state index contributed by atoms with van der Waals surface area (Å²) < 4.78 is 33.0. The molecule has 4 rings (SSSR count). The number of rotatable bonds is 5. The standard InChI is InChI=1S/C22H27N3O5S/c26-21(17-6-4-12-25(16-17)22(27)20-9-5-15-30-20)24-13-10-18(11-14-24)23-31(28,29)19-7-2-1-3-8-19/h1-3,5,7-9,15,17-18,23H,4,6,10-14,16H2/t17-/m1/s1. The summed E-state index contributed by atoms with van der Waals surface area (Å²) in [6, 6.07) is 11.4. The van der Waals surface area contributed by atoms with Crippen molar-refractivity contribution in [2.75, 3.05) is 26.2 Å². The molecule has 1 atom stereocenters. The lowest BCUT2D eigenvalue weighted by Crippen LogP contribution is -2.51. The predicted octanol–water partition coefficient (Wildman–Crippen LogP) is 2.10. The van der Waals surface area contributed by atoms with Gasteiger partial charge in [0.1, 0.15) is 0 Å². The molecule has 0 spiro atoms. The third kappa shape index (κ3) is 4.99. The zero-order valence-electron chi connectivity index (χ0n) is 17.3. The number of furan rings is 1. The first-order valence-corrected chi connectivity index (χ1v) is 12.1. The Labute approximate surface area is 182 Å². The average molecular weight is 446 g/mol. The van der Waals surface area contributed by atoms with E-state index in [4.69, 9.17) is 4.42 Å². The number of carbonyl (C=O) groups excluding carboxylic acids is 2. The predicted molar refractivity (Wildman–Crippen MR) is 114 cm³/mol. The van der Waals surface area contributed by atoms with E-state index in [1.165, 1.54) is 6.26 Å². The molecule has 9 heteroatoms. The highest BCUT2D eigenvalue weighted by Gasteiger charge is 2.34. The minimum Gasteiger partial charge on any atom is -0.459 e. The van der Waals surface area contributed by atoms with Crippen LogP contribution in [0.3, 0.4) is 0 Å². The fraction of sp³-hybridized carbons (Fsp3) is 0.455. The van der Waals surface area contributed by atoms with Gasteiger partial charge in [-0.05, 0) is 49.9 Å². The van der Waals surface area contributed by atoms with Crippen LogP contribution in [0.25, 0.3) is 0 Å². The Morgan fingerprint density at radius 2 is 1.68 bits per heavy atom. The van der Waals surface area contributed by atoms with Gasteiger partial charge in [-0.3, -0.25) is 9.59 Å². The van der Waals surface area contributed by atoms with Gasteiger partial charge in [0.25, 0.3) is 5.91 Å². The van der Waals surface area contributed by atoms with Crippen LogP contribution in [0, 0.1) is 5.92 Å². The van der Waals surface area contributed by atoms with Crippen LogP contribution in [-0.2, 0) is 14.8 Å². The highest BCUT2D eigenvalue weighted by molar-refractivity contribution is 7.89. The van der Waals surface area contributed by atoms with E-state index < -0.39 is 10.0 Å². The normalized spacial score (nSPS) is 20.6. The summed E-state index contributed by atoms with van der Waals surface area (Å²) in [6.07, 6.45) is 4.13. The van der Waals surface area contributed by atoms with Gasteiger partial charge in [-0.15, -0.1) is 0 Å². The molecule has 0 radical (unpaired) electrons. The molecular weight excluding hydrogens is 418 g/mol. The van der Waals surface area contributed by atoms with Gasteiger partial charge in [0.2, 0.25) is 15.9 Å². The zero-order chi connectivity index (χ0) is 21.8. The lowest BCUT2D eigenvalue weighted by atomic mass is 9.95. The average Bonchev–Trinajstić information content (AvgIpc) is 3.34. The molecule has 2 fully saturated rings. The van der Waals surface area contributed by atoms with Gasteiger partial charge in [-0.2, -0.15) is 0 Å². The molecule has 2 aliphatic rings. The van der Waals surface area contributed by atoms with Crippen LogP contribution < -0.4 is 4.72 Å². The van der Waals surface area contributed by atoms with E-state index in [-0.39, 0.29) is 28.7 Å². The van der Waals surface area contributed by atoms with Crippen LogP contribution in [0.1, 0.15) is 36.2 Å². The maximum absolute atomic E-state index is 13.0. The maximum atomic E-state index is 13.0. The quantitative estimate of drug-likeness (QED) is 0.760. The lowest BCUT2D eigenvalue weighted by Gasteiger charge is -2.37. The zero-order valence-corrected chi connectivity index (χ0v) is 18.1. The smallest absolute Gasteiger partial charge is 0.289 e. The van der Waals surface area contributed by atoms with Crippen LogP contribution in [0.5, 0.6) is 0 Å². The van der Waals surface area contributed by atoms with E-state index in [0.29, 0.717) is 44.8 Å². The molecule has 2 aliphatic heterocycles. The van der Waals surface area contributed by atoms with Gasteiger partial charge < -0.3 is 14.2 Å². The summed E-state index contributed by atoms with van der Waals surface area (Å²) in [6.45, 7) is 2.01. The van der Waals surface area contributed by atoms with Gasteiger partial charge in [0, 0.05) is 32.2 Å². The monoisotopic (exact) mass is 445 g/mol. The van der Waals surface area contributed by atoms with E-state index in [0.717, 1.165) is 12.8 Å². The molecule has 166 valence electrons. The fourth-order valence-electron chi connectivity index (χ4n) is 4.28. The number of hydrogen-bond acceptors (Lipinski definition) is 5. The third-order valence-corrected chi connectivity index (χ3v) is 7.51. The number of piperidine rings is 2. The topological polar surface area (TPSA) is 99.9 Å². The molecule has 1 aromatic carbocycles. The van der Waals surface area contributed by atoms with E-state index in [1.54, 1.807) is 52.3 Å². The second-order valence-electron chi connectivity index (χ2n) is 8.10. The van der Waals surface area contributed by atoms with Crippen LogP contribution in [0.4, 0.5) is 0 Å². The van der Waals surface area contributed by atoms with Crippen molar-refractivity contribution in [2.24, 2.45) is 5.92 Å². The number of carbonyl (C=O) groups is 2. The number of likely N-dealkylation sites (tertiary alicyclic amines) is 2. The van der Waals surface area contributed by atoms with Crippen LogP contribution in [0.2, 0.25) is 0 Å². The highest BCUT2D eigenvalue weighted by atomic mass is 32.2. The third-order valence-electron chi connectivity index (χ3n) is 5.97. The molecule has 8 nitrogen and oxygen atoms in total. The van der Waals surface area contributed by atoms with Crippen LogP contribution >= 0.6 is 0 Å². The first-order valence-electron chi connectivity index (χ1n) is 10.6. The SMILES string of the molecule is O=C(c1ccco1)N1CCC[C@@H](C(=O)N2CCC(NS(=O)(=O)c3ccccc3)CC2)C1. The largest absolute Gasteiger partial charge is 0.459 e. The van der Waals surface area contributed by atoms with Crippen LogP contribution in [0.15, 0.2) is 58.0 Å². The Kier molecular flexibility index (Phi) is 6.43. The second kappa shape index (κ2) is 9.23. The molecule has 1 aromatic heterocycles. The summed E-state index contributed by atoms with van der Waals surface area (Å²) >= 11 is 0. The summed E-state index contributed by atoms with van der Waals surface area (Å²) in [7, 11) is -3.56. The molecule has 2 saturated heterocycles. The Balaban J connectivity index is 1.30. The number of amides is 2. The van der Waals surface area contributed by atoms with Gasteiger partial charge in [0.05, 0.1) is 17.1 Å². The molecule has 0 saturated carbocycles. The number of sulfonamides is 1. The van der Waals surface area contributed by atoms with Crippen molar-refractivity contribution >= 4 is 21.8 Å². The van der Waals surface area contributed by atoms with E-state index >= 15 is 0 Å². The number of benzene rings is 1. The Morgan fingerprint density at radius 3 is 2.35 bits per heavy atom. The Morgan fingerprint density at radius 1 is 0.935 bits per heavy atom. The minimum atomic E-state index is -3.56. The van der Waals surface area contributed by atoms with Crippen molar-refractivity contribution in [3.05, 3.63) is 54.5 Å². The number of nitrogens with one attached hydrogen (secondary N) is 1. The summed E-state index contributed by atoms with van der Waals surface area (Å²) in [5, 5.41) is 0. The fourth-order valence-corrected chi connectivity index (χ4v) is 5.61. The van der Waals surface area contributed by atoms with Crippen molar-refractivity contribution < 1.29 is 22.4 Å². The molecule has 3 heterocycles. The number of nitrogens with zero attached hydrogens (tertiary/aromatic N) is 2. The molecule has 2 amide bonds. The second-order valence-corrected chi connectivity index (χ2v) is 9.82. The Hall–Kier alpha value is -2.65. The summed E-state index contributed by atoms with van der Waals surface area (Å²) in [4.78, 5) is 29.3. The molecular formula is C22H27N3O5S. The van der Waals surface area contributed by atoms with Gasteiger partial charge in [-0.1, -0.05) is 18.2 Å². The van der Waals surface area contributed by atoms with Gasteiger partial charge in [0.15, 0.2) is 5.76 Å². The first kappa shape index (κ1) is 21.6. The van der Waals surface area contributed by atoms with Gasteiger partial charge >= 0.3 is 0 Å². The van der Waals surface area contributed by atoms with E-state index in [9.17, 15) is 18.0 Å². The van der Waals surface area contributed by atoms with Crippen molar-refractivity contribution in [3.8, 4) is 0 Å². The molecule has 0 aliphatic carbocycles. The summed E-state index contributed by atoms with van der Waals surface area (Å²) in [5.41, 5.74) is 0. The molecule has 31 heavy (non-hydrogen) atoms. The molecule has 2 aromatic rings. The van der Waals surface area contributed by atoms with E-state index in [1.807, 2.05) is 0 Å². The van der Waals surface area contributed by atoms with Crippen molar-refractivity contribution in [1.82, 2.24) is 14.5 Å². The van der Waals surface area contributed by atoms with Gasteiger partial charge in [-0.25, -0.2) is 13.1 Å². The molecule has 1 N–H and O–H groups in total. The van der Waals surface area contributed by atoms with Crippen molar-refractivity contribution in [1.29, 1.82) is 0 Å². The minimum absolute atomic E-state index is 0.0429. The van der Waals surface area contributed by atoms with Crippen LogP contribution in [-0.4, -0.2) is 62.3 Å². The van der Waals surface area contributed by atoms with E-state index in [2.05, 4.69) is 4.72 Å². The Bertz CT molecular complexity index is 999.